The molecule has 0 fully saturated rings. The molecule has 0 bridgehead atoms. The van der Waals surface area contributed by atoms with Crippen molar-refractivity contribution in [3.05, 3.63) is 35.4 Å². The molecule has 1 atom stereocenters. The molecule has 1 aliphatic rings. The highest BCUT2D eigenvalue weighted by Gasteiger charge is 2.44. The smallest absolute Gasteiger partial charge is 0.230 e. The van der Waals surface area contributed by atoms with Crippen LogP contribution in [-0.4, -0.2) is 24.2 Å². The quantitative estimate of drug-likeness (QED) is 0.751. The van der Waals surface area contributed by atoms with Crippen molar-refractivity contribution in [2.24, 2.45) is 0 Å². The van der Waals surface area contributed by atoms with E-state index in [4.69, 9.17) is 5.11 Å². The van der Waals surface area contributed by atoms with Crippen LogP contribution >= 0.6 is 0 Å². The van der Waals surface area contributed by atoms with Crippen molar-refractivity contribution in [3.8, 4) is 0 Å². The maximum atomic E-state index is 12.7. The van der Waals surface area contributed by atoms with Gasteiger partial charge in [-0.2, -0.15) is 0 Å². The topological polar surface area (TPSA) is 49.3 Å². The van der Waals surface area contributed by atoms with Crippen molar-refractivity contribution >= 4 is 5.91 Å². The molecule has 0 radical (unpaired) electrons. The van der Waals surface area contributed by atoms with Crippen LogP contribution in [0.4, 0.5) is 0 Å². The zero-order chi connectivity index (χ0) is 14.4. The van der Waals surface area contributed by atoms with Crippen LogP contribution in [0.1, 0.15) is 50.2 Å². The number of aryl methyl sites for hydroxylation is 1. The van der Waals surface area contributed by atoms with Crippen molar-refractivity contribution in [2.45, 2.75) is 50.9 Å². The van der Waals surface area contributed by atoms with Gasteiger partial charge in [0.05, 0.1) is 5.41 Å². The van der Waals surface area contributed by atoms with Gasteiger partial charge in [0.1, 0.15) is 0 Å². The van der Waals surface area contributed by atoms with Crippen LogP contribution in [0.3, 0.4) is 0 Å². The number of aliphatic hydroxyl groups excluding tert-OH is 1. The fourth-order valence-electron chi connectivity index (χ4n) is 3.24. The molecule has 3 nitrogen and oxygen atoms in total. The van der Waals surface area contributed by atoms with Gasteiger partial charge in [-0.05, 0) is 49.7 Å². The second-order valence-electron chi connectivity index (χ2n) is 5.68. The van der Waals surface area contributed by atoms with Gasteiger partial charge in [-0.1, -0.05) is 31.2 Å². The lowest BCUT2D eigenvalue weighted by atomic mass is 9.76. The first-order chi connectivity index (χ1) is 9.74. The third-order valence-electron chi connectivity index (χ3n) is 4.34. The van der Waals surface area contributed by atoms with E-state index in [-0.39, 0.29) is 17.9 Å². The predicted molar refractivity (Wildman–Crippen MR) is 80.7 cm³/mol. The molecular weight excluding hydrogens is 250 g/mol. The summed E-state index contributed by atoms with van der Waals surface area (Å²) < 4.78 is 0. The van der Waals surface area contributed by atoms with E-state index in [1.54, 1.807) is 0 Å². The summed E-state index contributed by atoms with van der Waals surface area (Å²) in [4.78, 5) is 12.7. The van der Waals surface area contributed by atoms with Crippen LogP contribution in [0.2, 0.25) is 0 Å². The second kappa shape index (κ2) is 6.89. The van der Waals surface area contributed by atoms with E-state index >= 15 is 0 Å². The largest absolute Gasteiger partial charge is 0.396 e. The molecule has 0 aromatic heterocycles. The highest BCUT2D eigenvalue weighted by atomic mass is 16.2. The number of carbonyl (C=O) groups excluding carboxylic acids is 1. The fourth-order valence-corrected chi connectivity index (χ4v) is 3.24. The van der Waals surface area contributed by atoms with E-state index in [1.165, 1.54) is 11.1 Å². The molecule has 1 aromatic carbocycles. The average Bonchev–Trinajstić information content (AvgIpc) is 2.85. The molecule has 20 heavy (non-hydrogen) atoms. The highest BCUT2D eigenvalue weighted by molar-refractivity contribution is 5.89. The SMILES string of the molecule is CCCNC(=O)C1(CCCCO)CCc2ccccc21. The van der Waals surface area contributed by atoms with Gasteiger partial charge >= 0.3 is 0 Å². The Labute approximate surface area is 121 Å². The molecule has 2 rings (SSSR count). The summed E-state index contributed by atoms with van der Waals surface area (Å²) in [6, 6.07) is 8.31. The Morgan fingerprint density at radius 2 is 2.15 bits per heavy atom. The molecule has 0 aliphatic heterocycles. The molecule has 0 saturated carbocycles. The summed E-state index contributed by atoms with van der Waals surface area (Å²) >= 11 is 0. The van der Waals surface area contributed by atoms with Crippen molar-refractivity contribution in [1.29, 1.82) is 0 Å². The zero-order valence-electron chi connectivity index (χ0n) is 12.3. The predicted octanol–water partition coefficient (Wildman–Crippen LogP) is 2.56. The Morgan fingerprint density at radius 1 is 1.35 bits per heavy atom. The van der Waals surface area contributed by atoms with E-state index in [1.807, 2.05) is 12.1 Å². The number of fused-ring (bicyclic) bond motifs is 1. The Balaban J connectivity index is 2.24. The average molecular weight is 275 g/mol. The van der Waals surface area contributed by atoms with Gasteiger partial charge < -0.3 is 10.4 Å². The van der Waals surface area contributed by atoms with E-state index < -0.39 is 0 Å². The van der Waals surface area contributed by atoms with Crippen molar-refractivity contribution < 1.29 is 9.90 Å². The summed E-state index contributed by atoms with van der Waals surface area (Å²) in [6.45, 7) is 3.01. The minimum Gasteiger partial charge on any atom is -0.396 e. The minimum atomic E-state index is -0.374. The van der Waals surface area contributed by atoms with Crippen LogP contribution in [0, 0.1) is 0 Å². The lowest BCUT2D eigenvalue weighted by Crippen LogP contribution is -2.43. The number of rotatable bonds is 7. The maximum Gasteiger partial charge on any atom is 0.230 e. The fraction of sp³-hybridized carbons (Fsp3) is 0.588. The van der Waals surface area contributed by atoms with Gasteiger partial charge in [0.25, 0.3) is 0 Å². The van der Waals surface area contributed by atoms with Crippen molar-refractivity contribution in [2.75, 3.05) is 13.2 Å². The lowest BCUT2D eigenvalue weighted by molar-refractivity contribution is -0.127. The number of amides is 1. The number of benzene rings is 1. The van der Waals surface area contributed by atoms with E-state index in [0.29, 0.717) is 0 Å². The van der Waals surface area contributed by atoms with Gasteiger partial charge in [0, 0.05) is 13.2 Å². The Morgan fingerprint density at radius 3 is 2.90 bits per heavy atom. The number of hydrogen-bond donors (Lipinski definition) is 2. The third kappa shape index (κ3) is 2.88. The lowest BCUT2D eigenvalue weighted by Gasteiger charge is -2.29. The molecule has 1 amide bonds. The van der Waals surface area contributed by atoms with E-state index in [0.717, 1.165) is 45.1 Å². The van der Waals surface area contributed by atoms with Crippen LogP contribution in [0.25, 0.3) is 0 Å². The van der Waals surface area contributed by atoms with Crippen LogP contribution in [-0.2, 0) is 16.6 Å². The van der Waals surface area contributed by atoms with Gasteiger partial charge in [0.2, 0.25) is 5.91 Å². The summed E-state index contributed by atoms with van der Waals surface area (Å²) in [6.07, 6.45) is 5.33. The molecule has 110 valence electrons. The number of aliphatic hydroxyl groups is 1. The molecule has 1 aliphatic carbocycles. The van der Waals surface area contributed by atoms with Gasteiger partial charge in [-0.25, -0.2) is 0 Å². The van der Waals surface area contributed by atoms with Gasteiger partial charge in [-0.15, -0.1) is 0 Å². The Kier molecular flexibility index (Phi) is 5.18. The highest BCUT2D eigenvalue weighted by Crippen LogP contribution is 2.42. The molecule has 1 aromatic rings. The molecule has 1 unspecified atom stereocenters. The first-order valence-electron chi connectivity index (χ1n) is 7.72. The van der Waals surface area contributed by atoms with Crippen LogP contribution in [0.5, 0.6) is 0 Å². The van der Waals surface area contributed by atoms with E-state index in [9.17, 15) is 4.79 Å². The standard InChI is InChI=1S/C17H25NO2/c1-2-12-18-16(20)17(10-5-6-13-19)11-9-14-7-3-4-8-15(14)17/h3-4,7-8,19H,2,5-6,9-13H2,1H3,(H,18,20). The summed E-state index contributed by atoms with van der Waals surface area (Å²) in [5, 5.41) is 12.1. The Hall–Kier alpha value is -1.35. The number of hydrogen-bond acceptors (Lipinski definition) is 2. The summed E-state index contributed by atoms with van der Waals surface area (Å²) in [7, 11) is 0. The molecular formula is C17H25NO2. The van der Waals surface area contributed by atoms with Crippen LogP contribution < -0.4 is 5.32 Å². The van der Waals surface area contributed by atoms with Gasteiger partial charge in [-0.3, -0.25) is 4.79 Å². The summed E-state index contributed by atoms with van der Waals surface area (Å²) in [5.74, 6) is 0.169. The van der Waals surface area contributed by atoms with Crippen LogP contribution in [0.15, 0.2) is 24.3 Å². The molecule has 0 spiro atoms. The first kappa shape index (κ1) is 15.0. The van der Waals surface area contributed by atoms with Crippen molar-refractivity contribution in [1.82, 2.24) is 5.32 Å². The molecule has 3 heteroatoms. The number of unbranched alkanes of at least 4 members (excludes halogenated alkanes) is 1. The zero-order valence-corrected chi connectivity index (χ0v) is 12.3. The molecule has 2 N–H and O–H groups in total. The first-order valence-corrected chi connectivity index (χ1v) is 7.72. The molecule has 0 saturated heterocycles. The monoisotopic (exact) mass is 275 g/mol. The maximum absolute atomic E-state index is 12.7. The van der Waals surface area contributed by atoms with E-state index in [2.05, 4.69) is 24.4 Å². The number of nitrogens with one attached hydrogen (secondary N) is 1. The minimum absolute atomic E-state index is 0.169. The third-order valence-corrected chi connectivity index (χ3v) is 4.34. The number of carbonyl (C=O) groups is 1. The normalized spacial score (nSPS) is 20.7. The second-order valence-corrected chi connectivity index (χ2v) is 5.68. The Bertz CT molecular complexity index is 458. The molecule has 0 heterocycles. The summed E-state index contributed by atoms with van der Waals surface area (Å²) in [5.41, 5.74) is 2.13. The van der Waals surface area contributed by atoms with Crippen molar-refractivity contribution in [3.63, 3.8) is 0 Å². The van der Waals surface area contributed by atoms with Gasteiger partial charge in [0.15, 0.2) is 0 Å².